The molecule has 1 unspecified atom stereocenters. The maximum Gasteiger partial charge on any atom is 0.326 e. The Morgan fingerprint density at radius 2 is 2.24 bits per heavy atom. The first-order valence-electron chi connectivity index (χ1n) is 7.29. The largest absolute Gasteiger partial charge is 0.480 e. The second kappa shape index (κ2) is 8.61. The van der Waals surface area contributed by atoms with Crippen LogP contribution in [0.5, 0.6) is 0 Å². The van der Waals surface area contributed by atoms with Crippen molar-refractivity contribution in [1.82, 2.24) is 10.2 Å². The van der Waals surface area contributed by atoms with Crippen LogP contribution >= 0.6 is 0 Å². The Hall–Kier alpha value is -1.63. The number of carboxylic acid groups (broad SMARTS) is 1. The number of rotatable bonds is 9. The molecular formula is C14H24N2O5. The van der Waals surface area contributed by atoms with Gasteiger partial charge in [-0.2, -0.15) is 0 Å². The minimum absolute atomic E-state index is 0.0902. The lowest BCUT2D eigenvalue weighted by Gasteiger charge is -2.18. The van der Waals surface area contributed by atoms with E-state index in [0.29, 0.717) is 26.1 Å². The number of amides is 2. The molecule has 120 valence electrons. The fraction of sp³-hybridized carbons (Fsp3) is 0.786. The van der Waals surface area contributed by atoms with Crippen LogP contribution in [0.3, 0.4) is 0 Å². The van der Waals surface area contributed by atoms with Crippen LogP contribution in [0, 0.1) is 5.92 Å². The number of carbonyl (C=O) groups is 3. The SMILES string of the molecule is CCCC[C@H](NC(=O)C1CC(=O)N(CCOC)C1)C(=O)O. The Balaban J connectivity index is 2.51. The Morgan fingerprint density at radius 3 is 2.81 bits per heavy atom. The van der Waals surface area contributed by atoms with Gasteiger partial charge in [-0.25, -0.2) is 4.79 Å². The number of nitrogens with zero attached hydrogens (tertiary/aromatic N) is 1. The number of hydrogen-bond acceptors (Lipinski definition) is 4. The van der Waals surface area contributed by atoms with Gasteiger partial charge in [0.05, 0.1) is 12.5 Å². The van der Waals surface area contributed by atoms with Crippen LogP contribution in [-0.2, 0) is 19.1 Å². The zero-order valence-electron chi connectivity index (χ0n) is 12.6. The van der Waals surface area contributed by atoms with E-state index in [1.54, 1.807) is 12.0 Å². The first kappa shape index (κ1) is 17.4. The predicted octanol–water partition coefficient (Wildman–Crippen LogP) is 0.241. The average molecular weight is 300 g/mol. The van der Waals surface area contributed by atoms with Crippen molar-refractivity contribution in [2.24, 2.45) is 5.92 Å². The molecule has 1 heterocycles. The van der Waals surface area contributed by atoms with Gasteiger partial charge in [0.1, 0.15) is 6.04 Å². The van der Waals surface area contributed by atoms with E-state index in [2.05, 4.69) is 5.32 Å². The first-order valence-corrected chi connectivity index (χ1v) is 7.29. The summed E-state index contributed by atoms with van der Waals surface area (Å²) in [6.45, 7) is 3.17. The van der Waals surface area contributed by atoms with Crippen molar-refractivity contribution < 1.29 is 24.2 Å². The number of ether oxygens (including phenoxy) is 1. The normalized spacial score (nSPS) is 19.6. The van der Waals surface area contributed by atoms with Crippen molar-refractivity contribution in [3.8, 4) is 0 Å². The van der Waals surface area contributed by atoms with Crippen LogP contribution in [0.1, 0.15) is 32.6 Å². The lowest BCUT2D eigenvalue weighted by molar-refractivity contribution is -0.142. The van der Waals surface area contributed by atoms with Crippen molar-refractivity contribution in [1.29, 1.82) is 0 Å². The zero-order valence-corrected chi connectivity index (χ0v) is 12.6. The average Bonchev–Trinajstić information content (AvgIpc) is 2.82. The Kier molecular flexibility index (Phi) is 7.14. The predicted molar refractivity (Wildman–Crippen MR) is 75.7 cm³/mol. The molecule has 0 aromatic rings. The van der Waals surface area contributed by atoms with Crippen LogP contribution in [-0.4, -0.2) is 60.6 Å². The molecule has 1 aliphatic heterocycles. The van der Waals surface area contributed by atoms with E-state index in [9.17, 15) is 14.4 Å². The van der Waals surface area contributed by atoms with E-state index in [1.165, 1.54) is 0 Å². The molecule has 2 atom stereocenters. The maximum atomic E-state index is 12.1. The van der Waals surface area contributed by atoms with E-state index in [4.69, 9.17) is 9.84 Å². The fourth-order valence-electron chi connectivity index (χ4n) is 2.32. The van der Waals surface area contributed by atoms with Gasteiger partial charge in [-0.3, -0.25) is 9.59 Å². The summed E-state index contributed by atoms with van der Waals surface area (Å²) in [6.07, 6.45) is 2.15. The fourth-order valence-corrected chi connectivity index (χ4v) is 2.32. The number of aliphatic carboxylic acids is 1. The zero-order chi connectivity index (χ0) is 15.8. The van der Waals surface area contributed by atoms with Crippen LogP contribution in [0.4, 0.5) is 0 Å². The van der Waals surface area contributed by atoms with Crippen LogP contribution in [0.25, 0.3) is 0 Å². The highest BCUT2D eigenvalue weighted by molar-refractivity contribution is 5.91. The third kappa shape index (κ3) is 5.34. The van der Waals surface area contributed by atoms with Gasteiger partial charge in [-0.15, -0.1) is 0 Å². The van der Waals surface area contributed by atoms with E-state index in [-0.39, 0.29) is 18.2 Å². The van der Waals surface area contributed by atoms with Crippen molar-refractivity contribution in [2.75, 3.05) is 26.8 Å². The molecule has 1 fully saturated rings. The molecule has 0 aromatic heterocycles. The third-order valence-corrected chi connectivity index (χ3v) is 3.61. The van der Waals surface area contributed by atoms with E-state index >= 15 is 0 Å². The van der Waals surface area contributed by atoms with E-state index < -0.39 is 17.9 Å². The standard InChI is InChI=1S/C14H24N2O5/c1-3-4-5-11(14(19)20)15-13(18)10-8-12(17)16(9-10)6-7-21-2/h10-11H,3-9H2,1-2H3,(H,15,18)(H,19,20)/t10?,11-/m0/s1. The molecule has 0 bridgehead atoms. The molecule has 21 heavy (non-hydrogen) atoms. The maximum absolute atomic E-state index is 12.1. The highest BCUT2D eigenvalue weighted by Gasteiger charge is 2.35. The molecule has 2 N–H and O–H groups in total. The number of carboxylic acids is 1. The molecule has 0 spiro atoms. The van der Waals surface area contributed by atoms with Crippen LogP contribution < -0.4 is 5.32 Å². The summed E-state index contributed by atoms with van der Waals surface area (Å²) in [5.41, 5.74) is 0. The van der Waals surface area contributed by atoms with Crippen molar-refractivity contribution in [3.63, 3.8) is 0 Å². The van der Waals surface area contributed by atoms with Crippen LogP contribution in [0.2, 0.25) is 0 Å². The number of unbranched alkanes of at least 4 members (excludes halogenated alkanes) is 1. The smallest absolute Gasteiger partial charge is 0.326 e. The topological polar surface area (TPSA) is 95.9 Å². The molecule has 2 amide bonds. The summed E-state index contributed by atoms with van der Waals surface area (Å²) >= 11 is 0. The summed E-state index contributed by atoms with van der Waals surface area (Å²) in [7, 11) is 1.55. The Labute approximate surface area is 124 Å². The van der Waals surface area contributed by atoms with Gasteiger partial charge >= 0.3 is 5.97 Å². The summed E-state index contributed by atoms with van der Waals surface area (Å²) in [5.74, 6) is -1.95. The number of nitrogens with one attached hydrogen (secondary N) is 1. The highest BCUT2D eigenvalue weighted by Crippen LogP contribution is 2.18. The van der Waals surface area contributed by atoms with E-state index in [1.807, 2.05) is 6.92 Å². The minimum Gasteiger partial charge on any atom is -0.480 e. The van der Waals surface area contributed by atoms with Crippen molar-refractivity contribution in [2.45, 2.75) is 38.6 Å². The van der Waals surface area contributed by atoms with E-state index in [0.717, 1.165) is 12.8 Å². The first-order chi connectivity index (χ1) is 9.99. The Morgan fingerprint density at radius 1 is 1.52 bits per heavy atom. The van der Waals surface area contributed by atoms with Gasteiger partial charge in [0.15, 0.2) is 0 Å². The molecule has 0 aliphatic carbocycles. The van der Waals surface area contributed by atoms with Gasteiger partial charge in [0.25, 0.3) is 0 Å². The number of hydrogen-bond donors (Lipinski definition) is 2. The number of likely N-dealkylation sites (tertiary alicyclic amines) is 1. The minimum atomic E-state index is -1.03. The van der Waals surface area contributed by atoms with Gasteiger partial charge in [0, 0.05) is 26.6 Å². The van der Waals surface area contributed by atoms with Crippen LogP contribution in [0.15, 0.2) is 0 Å². The third-order valence-electron chi connectivity index (χ3n) is 3.61. The Bertz CT molecular complexity index is 386. The molecule has 7 nitrogen and oxygen atoms in total. The molecule has 0 saturated carbocycles. The van der Waals surface area contributed by atoms with Gasteiger partial charge < -0.3 is 20.1 Å². The highest BCUT2D eigenvalue weighted by atomic mass is 16.5. The van der Waals surface area contributed by atoms with Crippen molar-refractivity contribution >= 4 is 17.8 Å². The summed E-state index contributed by atoms with van der Waals surface area (Å²) in [5, 5.41) is 11.6. The number of methoxy groups -OCH3 is 1. The quantitative estimate of drug-likeness (QED) is 0.636. The molecule has 1 aliphatic rings. The summed E-state index contributed by atoms with van der Waals surface area (Å²) < 4.78 is 4.92. The second-order valence-electron chi connectivity index (χ2n) is 5.28. The second-order valence-corrected chi connectivity index (χ2v) is 5.28. The monoisotopic (exact) mass is 300 g/mol. The van der Waals surface area contributed by atoms with Crippen molar-refractivity contribution in [3.05, 3.63) is 0 Å². The van der Waals surface area contributed by atoms with Gasteiger partial charge in [-0.05, 0) is 6.42 Å². The molecule has 1 rings (SSSR count). The molecule has 0 aromatic carbocycles. The number of carbonyl (C=O) groups excluding carboxylic acids is 2. The van der Waals surface area contributed by atoms with Gasteiger partial charge in [-0.1, -0.05) is 19.8 Å². The summed E-state index contributed by atoms with van der Waals surface area (Å²) in [4.78, 5) is 36.6. The molecule has 0 radical (unpaired) electrons. The molecule has 7 heteroatoms. The lowest BCUT2D eigenvalue weighted by Crippen LogP contribution is -2.44. The lowest BCUT2D eigenvalue weighted by atomic mass is 10.1. The molecule has 1 saturated heterocycles. The summed E-state index contributed by atoms with van der Waals surface area (Å²) in [6, 6.07) is -0.874. The van der Waals surface area contributed by atoms with Gasteiger partial charge in [0.2, 0.25) is 11.8 Å². The molecular weight excluding hydrogens is 276 g/mol.